The second-order valence-electron chi connectivity index (χ2n) is 6.56. The highest BCUT2D eigenvalue weighted by molar-refractivity contribution is 5.74. The largest absolute Gasteiger partial charge is 0.462 e. The minimum Gasteiger partial charge on any atom is -0.462 e. The lowest BCUT2D eigenvalue weighted by atomic mass is 10.1. The summed E-state index contributed by atoms with van der Waals surface area (Å²) in [5, 5.41) is 0. The predicted molar refractivity (Wildman–Crippen MR) is 76.9 cm³/mol. The average molecular weight is 268 g/mol. The van der Waals surface area contributed by atoms with Crippen LogP contribution in [0.25, 0.3) is 0 Å². The summed E-state index contributed by atoms with van der Waals surface area (Å²) in [5.74, 6) is 0.594. The Kier molecular flexibility index (Phi) is 5.60. The Morgan fingerprint density at radius 2 is 1.89 bits per heavy atom. The molecule has 1 aliphatic rings. The van der Waals surface area contributed by atoms with Crippen molar-refractivity contribution in [2.45, 2.75) is 66.1 Å². The molecule has 1 fully saturated rings. The van der Waals surface area contributed by atoms with Gasteiger partial charge in [-0.15, -0.1) is 0 Å². The van der Waals surface area contributed by atoms with Gasteiger partial charge in [0.1, 0.15) is 6.61 Å². The molecule has 0 heterocycles. The first-order valence-electron chi connectivity index (χ1n) is 7.24. The fourth-order valence-electron chi connectivity index (χ4n) is 1.95. The van der Waals surface area contributed by atoms with E-state index >= 15 is 0 Å². The number of hydrogen-bond acceptors (Lipinski definition) is 3. The van der Waals surface area contributed by atoms with Crippen LogP contribution in [-0.2, 0) is 14.3 Å². The van der Waals surface area contributed by atoms with Gasteiger partial charge in [-0.2, -0.15) is 0 Å². The number of rotatable bonds is 7. The van der Waals surface area contributed by atoms with Crippen LogP contribution >= 0.6 is 0 Å². The molecule has 3 heteroatoms. The second kappa shape index (κ2) is 6.56. The van der Waals surface area contributed by atoms with Crippen molar-refractivity contribution >= 4 is 5.97 Å². The third-order valence-electron chi connectivity index (χ3n) is 3.21. The van der Waals surface area contributed by atoms with E-state index in [9.17, 15) is 4.79 Å². The molecule has 0 aromatic heterocycles. The van der Waals surface area contributed by atoms with Gasteiger partial charge in [0.15, 0.2) is 0 Å². The molecule has 1 atom stereocenters. The van der Waals surface area contributed by atoms with Crippen molar-refractivity contribution < 1.29 is 14.3 Å². The summed E-state index contributed by atoms with van der Waals surface area (Å²) >= 11 is 0. The molecule has 3 nitrogen and oxygen atoms in total. The minimum absolute atomic E-state index is 0.0389. The number of hydrogen-bond donors (Lipinski definition) is 0. The van der Waals surface area contributed by atoms with Crippen LogP contribution in [0.1, 0.15) is 54.4 Å². The Labute approximate surface area is 117 Å². The first kappa shape index (κ1) is 16.2. The zero-order valence-electron chi connectivity index (χ0n) is 13.2. The summed E-state index contributed by atoms with van der Waals surface area (Å²) in [5.41, 5.74) is 0.771. The van der Waals surface area contributed by atoms with Gasteiger partial charge in [-0.05, 0) is 52.0 Å². The van der Waals surface area contributed by atoms with Crippen molar-refractivity contribution in [2.75, 3.05) is 6.61 Å². The molecule has 0 aromatic rings. The topological polar surface area (TPSA) is 35.5 Å². The molecule has 1 saturated carbocycles. The molecule has 0 saturated heterocycles. The third-order valence-corrected chi connectivity index (χ3v) is 3.21. The van der Waals surface area contributed by atoms with Gasteiger partial charge in [-0.3, -0.25) is 4.79 Å². The van der Waals surface area contributed by atoms with E-state index in [1.165, 1.54) is 5.57 Å². The Hall–Kier alpha value is -0.830. The van der Waals surface area contributed by atoms with E-state index in [4.69, 9.17) is 9.47 Å². The minimum atomic E-state index is -0.448. The molecular weight excluding hydrogens is 240 g/mol. The SMILES string of the molecule is C/C(=C\C(C)C)C(C)OC(C)(C)COC(=O)C1CC1. The van der Waals surface area contributed by atoms with Crippen molar-refractivity contribution in [3.05, 3.63) is 11.6 Å². The van der Waals surface area contributed by atoms with Crippen molar-refractivity contribution in [3.63, 3.8) is 0 Å². The van der Waals surface area contributed by atoms with Gasteiger partial charge in [0, 0.05) is 0 Å². The number of allylic oxidation sites excluding steroid dienone is 1. The third kappa shape index (κ3) is 6.24. The van der Waals surface area contributed by atoms with Crippen LogP contribution in [0.15, 0.2) is 11.6 Å². The molecule has 0 bridgehead atoms. The first-order chi connectivity index (χ1) is 8.71. The normalized spacial score (nSPS) is 18.6. The maximum atomic E-state index is 11.5. The number of carbonyl (C=O) groups is 1. The molecule has 0 aliphatic heterocycles. The van der Waals surface area contributed by atoms with E-state index in [-0.39, 0.29) is 18.0 Å². The fourth-order valence-corrected chi connectivity index (χ4v) is 1.95. The second-order valence-corrected chi connectivity index (χ2v) is 6.56. The highest BCUT2D eigenvalue weighted by Crippen LogP contribution is 2.30. The lowest BCUT2D eigenvalue weighted by molar-refractivity contribution is -0.157. The lowest BCUT2D eigenvalue weighted by Gasteiger charge is -2.29. The maximum Gasteiger partial charge on any atom is 0.309 e. The summed E-state index contributed by atoms with van der Waals surface area (Å²) in [6.07, 6.45) is 4.20. The highest BCUT2D eigenvalue weighted by Gasteiger charge is 2.33. The van der Waals surface area contributed by atoms with Crippen LogP contribution < -0.4 is 0 Å². The van der Waals surface area contributed by atoms with Crippen LogP contribution in [0.5, 0.6) is 0 Å². The molecule has 0 radical (unpaired) electrons. The quantitative estimate of drug-likeness (QED) is 0.521. The number of esters is 1. The van der Waals surface area contributed by atoms with Crippen LogP contribution in [0.3, 0.4) is 0 Å². The van der Waals surface area contributed by atoms with Crippen molar-refractivity contribution in [3.8, 4) is 0 Å². The van der Waals surface area contributed by atoms with Crippen molar-refractivity contribution in [1.29, 1.82) is 0 Å². The number of ether oxygens (including phenoxy) is 2. The molecule has 0 aromatic carbocycles. The van der Waals surface area contributed by atoms with Gasteiger partial charge in [-0.25, -0.2) is 0 Å². The zero-order valence-corrected chi connectivity index (χ0v) is 13.2. The standard InChI is InChI=1S/C16H28O3/c1-11(2)9-12(3)13(4)19-16(5,6)10-18-15(17)14-7-8-14/h9,11,13-14H,7-8,10H2,1-6H3/b12-9+. The van der Waals surface area contributed by atoms with E-state index in [1.54, 1.807) is 0 Å². The van der Waals surface area contributed by atoms with E-state index in [0.717, 1.165) is 12.8 Å². The Balaban J connectivity index is 2.41. The lowest BCUT2D eigenvalue weighted by Crippen LogP contribution is -2.36. The van der Waals surface area contributed by atoms with Gasteiger partial charge >= 0.3 is 5.97 Å². The Morgan fingerprint density at radius 1 is 1.32 bits per heavy atom. The molecule has 0 amide bonds. The van der Waals surface area contributed by atoms with E-state index in [0.29, 0.717) is 12.5 Å². The van der Waals surface area contributed by atoms with Crippen molar-refractivity contribution in [2.24, 2.45) is 11.8 Å². The molecule has 1 unspecified atom stereocenters. The zero-order chi connectivity index (χ0) is 14.6. The predicted octanol–water partition coefficient (Wildman–Crippen LogP) is 3.73. The monoisotopic (exact) mass is 268 g/mol. The molecule has 0 N–H and O–H groups in total. The molecule has 0 spiro atoms. The van der Waals surface area contributed by atoms with Gasteiger partial charge < -0.3 is 9.47 Å². The van der Waals surface area contributed by atoms with Crippen LogP contribution in [0.2, 0.25) is 0 Å². The number of carbonyl (C=O) groups excluding carboxylic acids is 1. The van der Waals surface area contributed by atoms with Gasteiger partial charge in [0.2, 0.25) is 0 Å². The smallest absolute Gasteiger partial charge is 0.309 e. The molecule has 1 aliphatic carbocycles. The summed E-state index contributed by atoms with van der Waals surface area (Å²) in [4.78, 5) is 11.5. The first-order valence-corrected chi connectivity index (χ1v) is 7.24. The maximum absolute atomic E-state index is 11.5. The Morgan fingerprint density at radius 3 is 2.37 bits per heavy atom. The summed E-state index contributed by atoms with van der Waals surface area (Å²) < 4.78 is 11.3. The molecule has 110 valence electrons. The highest BCUT2D eigenvalue weighted by atomic mass is 16.6. The Bertz CT molecular complexity index is 338. The summed E-state index contributed by atoms with van der Waals surface area (Å²) in [6, 6.07) is 0. The van der Waals surface area contributed by atoms with Gasteiger partial charge in [0.05, 0.1) is 17.6 Å². The molecular formula is C16H28O3. The van der Waals surface area contributed by atoms with E-state index in [2.05, 4.69) is 26.8 Å². The van der Waals surface area contributed by atoms with Crippen molar-refractivity contribution in [1.82, 2.24) is 0 Å². The summed E-state index contributed by atoms with van der Waals surface area (Å²) in [7, 11) is 0. The molecule has 19 heavy (non-hydrogen) atoms. The fraction of sp³-hybridized carbons (Fsp3) is 0.812. The van der Waals surface area contributed by atoms with Crippen LogP contribution in [-0.4, -0.2) is 24.3 Å². The van der Waals surface area contributed by atoms with E-state index in [1.807, 2.05) is 20.8 Å². The van der Waals surface area contributed by atoms with Gasteiger partial charge in [0.25, 0.3) is 0 Å². The summed E-state index contributed by atoms with van der Waals surface area (Å²) in [6.45, 7) is 12.7. The van der Waals surface area contributed by atoms with Gasteiger partial charge in [-0.1, -0.05) is 19.9 Å². The van der Waals surface area contributed by atoms with Crippen LogP contribution in [0, 0.1) is 11.8 Å². The van der Waals surface area contributed by atoms with Crippen LogP contribution in [0.4, 0.5) is 0 Å². The molecule has 1 rings (SSSR count). The van der Waals surface area contributed by atoms with E-state index < -0.39 is 5.60 Å². The average Bonchev–Trinajstić information content (AvgIpc) is 3.08.